The number of fused-ring (bicyclic) bond motifs is 1. The van der Waals surface area contributed by atoms with Crippen LogP contribution in [0.2, 0.25) is 0 Å². The molecule has 136 valence electrons. The number of phenols is 2. The third-order valence-electron chi connectivity index (χ3n) is 4.48. The summed E-state index contributed by atoms with van der Waals surface area (Å²) in [5, 5.41) is 19.5. The number of rotatable bonds is 3. The van der Waals surface area contributed by atoms with E-state index in [-0.39, 0.29) is 22.9 Å². The summed E-state index contributed by atoms with van der Waals surface area (Å²) in [7, 11) is 0. The molecule has 1 aliphatic heterocycles. The maximum absolute atomic E-state index is 13.9. The van der Waals surface area contributed by atoms with E-state index in [1.54, 1.807) is 13.8 Å². The fourth-order valence-corrected chi connectivity index (χ4v) is 3.26. The number of nitrogens with zero attached hydrogens (tertiary/aromatic N) is 2. The number of carbonyl (C=O) groups is 2. The van der Waals surface area contributed by atoms with Crippen LogP contribution in [-0.4, -0.2) is 34.6 Å². The molecule has 0 unspecified atom stereocenters. The summed E-state index contributed by atoms with van der Waals surface area (Å²) in [4.78, 5) is 28.7. The highest BCUT2D eigenvalue weighted by atomic mass is 19.1. The Hall–Kier alpha value is -3.09. The van der Waals surface area contributed by atoms with E-state index in [9.17, 15) is 24.2 Å². The summed E-state index contributed by atoms with van der Waals surface area (Å²) in [5.74, 6) is -2.03. The maximum Gasteiger partial charge on any atom is 0.262 e. The summed E-state index contributed by atoms with van der Waals surface area (Å²) in [5.41, 5.74) is 0.639. The Morgan fingerprint density at radius 2 is 1.85 bits per heavy atom. The molecular formula is C19H19FN2O4. The Morgan fingerprint density at radius 3 is 2.46 bits per heavy atom. The van der Waals surface area contributed by atoms with Gasteiger partial charge >= 0.3 is 0 Å². The molecule has 6 nitrogen and oxygen atoms in total. The number of aromatic hydroxyl groups is 2. The molecule has 0 bridgehead atoms. The number of hydrogen-bond acceptors (Lipinski definition) is 4. The minimum atomic E-state index is -0.815. The SMILES string of the molecule is CC[C@H]1C(=O)N(CC)c2ccc(F)cc2N1C(=O)c1ccc(O)cc1O. The number of anilines is 2. The highest BCUT2D eigenvalue weighted by molar-refractivity contribution is 6.18. The fourth-order valence-electron chi connectivity index (χ4n) is 3.26. The number of likely N-dealkylation sites (N-methyl/N-ethyl adjacent to an activating group) is 1. The number of amides is 2. The van der Waals surface area contributed by atoms with Gasteiger partial charge in [-0.05, 0) is 43.7 Å². The van der Waals surface area contributed by atoms with Crippen molar-refractivity contribution in [3.05, 3.63) is 47.8 Å². The molecule has 2 N–H and O–H groups in total. The zero-order chi connectivity index (χ0) is 19.0. The molecule has 0 radical (unpaired) electrons. The third-order valence-corrected chi connectivity index (χ3v) is 4.48. The predicted molar refractivity (Wildman–Crippen MR) is 95.1 cm³/mol. The Labute approximate surface area is 150 Å². The lowest BCUT2D eigenvalue weighted by molar-refractivity contribution is -0.120. The molecular weight excluding hydrogens is 339 g/mol. The lowest BCUT2D eigenvalue weighted by Crippen LogP contribution is -2.55. The van der Waals surface area contributed by atoms with Gasteiger partial charge in [0.1, 0.15) is 23.4 Å². The van der Waals surface area contributed by atoms with Crippen molar-refractivity contribution in [2.24, 2.45) is 0 Å². The van der Waals surface area contributed by atoms with Crippen LogP contribution in [-0.2, 0) is 4.79 Å². The highest BCUT2D eigenvalue weighted by Crippen LogP contribution is 2.39. The molecule has 26 heavy (non-hydrogen) atoms. The summed E-state index contributed by atoms with van der Waals surface area (Å²) in [6.45, 7) is 3.96. The fraction of sp³-hybridized carbons (Fsp3) is 0.263. The van der Waals surface area contributed by atoms with Gasteiger partial charge in [0.25, 0.3) is 5.91 Å². The first-order valence-electron chi connectivity index (χ1n) is 8.35. The zero-order valence-electron chi connectivity index (χ0n) is 14.4. The first kappa shape index (κ1) is 17.7. The summed E-state index contributed by atoms with van der Waals surface area (Å²) >= 11 is 0. The monoisotopic (exact) mass is 358 g/mol. The van der Waals surface area contributed by atoms with Crippen LogP contribution in [0.4, 0.5) is 15.8 Å². The van der Waals surface area contributed by atoms with Gasteiger partial charge in [-0.15, -0.1) is 0 Å². The van der Waals surface area contributed by atoms with Gasteiger partial charge < -0.3 is 15.1 Å². The molecule has 0 aromatic heterocycles. The zero-order valence-corrected chi connectivity index (χ0v) is 14.4. The van der Waals surface area contributed by atoms with E-state index < -0.39 is 23.5 Å². The average molecular weight is 358 g/mol. The minimum Gasteiger partial charge on any atom is -0.508 e. The van der Waals surface area contributed by atoms with Crippen molar-refractivity contribution < 1.29 is 24.2 Å². The van der Waals surface area contributed by atoms with Gasteiger partial charge in [-0.2, -0.15) is 0 Å². The number of benzene rings is 2. The van der Waals surface area contributed by atoms with Gasteiger partial charge in [0.15, 0.2) is 0 Å². The quantitative estimate of drug-likeness (QED) is 0.884. The smallest absolute Gasteiger partial charge is 0.262 e. The maximum atomic E-state index is 13.9. The lowest BCUT2D eigenvalue weighted by Gasteiger charge is -2.41. The van der Waals surface area contributed by atoms with Gasteiger partial charge in [0.05, 0.1) is 16.9 Å². The predicted octanol–water partition coefficient (Wildman–Crippen LogP) is 3.03. The van der Waals surface area contributed by atoms with Crippen LogP contribution in [0, 0.1) is 5.82 Å². The molecule has 1 atom stereocenters. The first-order chi connectivity index (χ1) is 12.4. The highest BCUT2D eigenvalue weighted by Gasteiger charge is 2.40. The van der Waals surface area contributed by atoms with Crippen LogP contribution >= 0.6 is 0 Å². The van der Waals surface area contributed by atoms with Crippen molar-refractivity contribution in [3.8, 4) is 11.5 Å². The summed E-state index contributed by atoms with van der Waals surface area (Å²) in [6.07, 6.45) is 0.329. The molecule has 0 spiro atoms. The van der Waals surface area contributed by atoms with Crippen molar-refractivity contribution in [2.75, 3.05) is 16.3 Å². The molecule has 2 amide bonds. The normalized spacial score (nSPS) is 16.6. The van der Waals surface area contributed by atoms with Crippen molar-refractivity contribution in [2.45, 2.75) is 26.3 Å². The Kier molecular flexibility index (Phi) is 4.54. The summed E-state index contributed by atoms with van der Waals surface area (Å²) in [6, 6.07) is 6.69. The molecule has 2 aromatic carbocycles. The van der Waals surface area contributed by atoms with Crippen LogP contribution in [0.1, 0.15) is 30.6 Å². The second-order valence-corrected chi connectivity index (χ2v) is 6.02. The molecule has 0 saturated heterocycles. The second-order valence-electron chi connectivity index (χ2n) is 6.02. The van der Waals surface area contributed by atoms with Crippen molar-refractivity contribution in [3.63, 3.8) is 0 Å². The number of phenolic OH excluding ortho intramolecular Hbond substituents is 2. The van der Waals surface area contributed by atoms with Gasteiger partial charge in [0, 0.05) is 12.6 Å². The van der Waals surface area contributed by atoms with Crippen molar-refractivity contribution >= 4 is 23.2 Å². The van der Waals surface area contributed by atoms with E-state index >= 15 is 0 Å². The molecule has 3 rings (SSSR count). The number of halogens is 1. The topological polar surface area (TPSA) is 81.1 Å². The van der Waals surface area contributed by atoms with Crippen molar-refractivity contribution in [1.82, 2.24) is 0 Å². The van der Waals surface area contributed by atoms with Crippen molar-refractivity contribution in [1.29, 1.82) is 0 Å². The second kappa shape index (κ2) is 6.67. The largest absolute Gasteiger partial charge is 0.508 e. The molecule has 7 heteroatoms. The van der Waals surface area contributed by atoms with Gasteiger partial charge in [-0.25, -0.2) is 4.39 Å². The summed E-state index contributed by atoms with van der Waals surface area (Å²) < 4.78 is 13.9. The van der Waals surface area contributed by atoms with Crippen LogP contribution in [0.3, 0.4) is 0 Å². The van der Waals surface area contributed by atoms with Crippen LogP contribution in [0.25, 0.3) is 0 Å². The number of carbonyl (C=O) groups excluding carboxylic acids is 2. The molecule has 2 aromatic rings. The molecule has 1 heterocycles. The molecule has 1 aliphatic rings. The van der Waals surface area contributed by atoms with E-state index in [1.165, 1.54) is 40.1 Å². The van der Waals surface area contributed by atoms with Gasteiger partial charge in [0.2, 0.25) is 5.91 Å². The van der Waals surface area contributed by atoms with E-state index in [4.69, 9.17) is 0 Å². The Morgan fingerprint density at radius 1 is 1.12 bits per heavy atom. The number of hydrogen-bond donors (Lipinski definition) is 2. The van der Waals surface area contributed by atoms with E-state index in [0.29, 0.717) is 18.7 Å². The van der Waals surface area contributed by atoms with Crippen LogP contribution in [0.5, 0.6) is 11.5 Å². The minimum absolute atomic E-state index is 0.0748. The van der Waals surface area contributed by atoms with Gasteiger partial charge in [-0.1, -0.05) is 6.92 Å². The van der Waals surface area contributed by atoms with Crippen LogP contribution in [0.15, 0.2) is 36.4 Å². The third kappa shape index (κ3) is 2.75. The van der Waals surface area contributed by atoms with E-state index in [1.807, 2.05) is 0 Å². The van der Waals surface area contributed by atoms with Gasteiger partial charge in [-0.3, -0.25) is 14.5 Å². The molecule has 0 fully saturated rings. The molecule has 0 saturated carbocycles. The molecule has 0 aliphatic carbocycles. The first-order valence-corrected chi connectivity index (χ1v) is 8.35. The standard InChI is InChI=1S/C19H19FN2O4/c1-3-14-19(26)21(4-2)15-8-5-11(20)9-16(15)22(14)18(25)13-7-6-12(23)10-17(13)24/h5-10,14,23-24H,3-4H2,1-2H3/t14-/m0/s1. The average Bonchev–Trinajstić information content (AvgIpc) is 2.60. The van der Waals surface area contributed by atoms with Crippen LogP contribution < -0.4 is 9.80 Å². The lowest BCUT2D eigenvalue weighted by atomic mass is 10.0. The van der Waals surface area contributed by atoms with E-state index in [0.717, 1.165) is 6.07 Å². The van der Waals surface area contributed by atoms with E-state index in [2.05, 4.69) is 0 Å². The Bertz CT molecular complexity index is 884. The Balaban J connectivity index is 2.19.